The van der Waals surface area contributed by atoms with Gasteiger partial charge in [0.15, 0.2) is 0 Å². The quantitative estimate of drug-likeness (QED) is 0.741. The number of aromatic nitrogens is 2. The Morgan fingerprint density at radius 1 is 1.17 bits per heavy atom. The number of amides is 3. The maximum absolute atomic E-state index is 13.3. The number of carbonyl (C=O) groups excluding carboxylic acids is 2. The first-order chi connectivity index (χ1) is 13.8. The lowest BCUT2D eigenvalue weighted by molar-refractivity contribution is -0.534. The lowest BCUT2D eigenvalue weighted by Gasteiger charge is -2.34. The molecule has 1 atom stereocenters. The normalized spacial score (nSPS) is 19.2. The Kier molecular flexibility index (Phi) is 4.52. The van der Waals surface area contributed by atoms with E-state index in [1.165, 1.54) is 21.9 Å². The number of hydrogen-bond donors (Lipinski definition) is 0. The van der Waals surface area contributed by atoms with Gasteiger partial charge in [-0.2, -0.15) is 0 Å². The fourth-order valence-corrected chi connectivity index (χ4v) is 3.75. The molecule has 0 spiro atoms. The van der Waals surface area contributed by atoms with E-state index in [2.05, 4.69) is 10.1 Å². The molecule has 4 rings (SSSR count). The fourth-order valence-electron chi connectivity index (χ4n) is 3.75. The molecule has 0 radical (unpaired) electrons. The van der Waals surface area contributed by atoms with E-state index < -0.39 is 12.1 Å². The van der Waals surface area contributed by atoms with Gasteiger partial charge < -0.3 is 0 Å². The van der Waals surface area contributed by atoms with Gasteiger partial charge in [-0.15, -0.1) is 9.78 Å². The van der Waals surface area contributed by atoms with E-state index >= 15 is 0 Å². The first-order valence-electron chi connectivity index (χ1n) is 9.41. The van der Waals surface area contributed by atoms with Gasteiger partial charge in [-0.3, -0.25) is 14.6 Å². The molecule has 0 saturated carbocycles. The highest BCUT2D eigenvalue weighted by Crippen LogP contribution is 2.22. The number of halogens is 1. The average Bonchev–Trinajstić information content (AvgIpc) is 3.24. The summed E-state index contributed by atoms with van der Waals surface area (Å²) in [5, 5.41) is 4.48. The van der Waals surface area contributed by atoms with Crippen LogP contribution in [0.1, 0.15) is 23.9 Å². The van der Waals surface area contributed by atoms with Crippen LogP contribution in [0, 0.1) is 19.7 Å². The molecule has 1 aromatic carbocycles. The SMILES string of the molecule is CC[N+]1=C(n2nc(C)cc2C)N=C2C1C(=O)N(Cc1ccc(F)cc1)C(=O)N2C. The average molecular weight is 397 g/mol. The van der Waals surface area contributed by atoms with Crippen molar-refractivity contribution < 1.29 is 18.6 Å². The molecular weight excluding hydrogens is 375 g/mol. The third-order valence-corrected chi connectivity index (χ3v) is 5.18. The van der Waals surface area contributed by atoms with Gasteiger partial charge in [0, 0.05) is 7.05 Å². The number of carbonyl (C=O) groups is 2. The highest BCUT2D eigenvalue weighted by atomic mass is 19.1. The maximum Gasteiger partial charge on any atom is 0.421 e. The third-order valence-electron chi connectivity index (χ3n) is 5.18. The monoisotopic (exact) mass is 397 g/mol. The number of nitrogens with zero attached hydrogens (tertiary/aromatic N) is 6. The van der Waals surface area contributed by atoms with Crippen LogP contribution < -0.4 is 0 Å². The van der Waals surface area contributed by atoms with Gasteiger partial charge in [0.25, 0.3) is 5.91 Å². The van der Waals surface area contributed by atoms with Crippen LogP contribution in [0.2, 0.25) is 0 Å². The van der Waals surface area contributed by atoms with Gasteiger partial charge in [0.1, 0.15) is 11.5 Å². The molecular formula is C20H22FN6O2+. The molecule has 0 bridgehead atoms. The van der Waals surface area contributed by atoms with Crippen LogP contribution in [-0.4, -0.2) is 67.5 Å². The van der Waals surface area contributed by atoms with E-state index in [0.29, 0.717) is 23.9 Å². The molecule has 2 aliphatic heterocycles. The van der Waals surface area contributed by atoms with Crippen molar-refractivity contribution in [1.82, 2.24) is 19.6 Å². The molecule has 0 aliphatic carbocycles. The fraction of sp³-hybridized carbons (Fsp3) is 0.350. The summed E-state index contributed by atoms with van der Waals surface area (Å²) in [6, 6.07) is 6.53. The zero-order valence-corrected chi connectivity index (χ0v) is 16.8. The zero-order valence-electron chi connectivity index (χ0n) is 16.8. The van der Waals surface area contributed by atoms with E-state index in [4.69, 9.17) is 0 Å². The van der Waals surface area contributed by atoms with Gasteiger partial charge >= 0.3 is 12.0 Å². The molecule has 3 amide bonds. The number of imide groups is 1. The number of benzene rings is 1. The second-order valence-electron chi connectivity index (χ2n) is 7.19. The van der Waals surface area contributed by atoms with Crippen molar-refractivity contribution in [3.63, 3.8) is 0 Å². The summed E-state index contributed by atoms with van der Waals surface area (Å²) in [5.41, 5.74) is 2.41. The molecule has 2 aliphatic rings. The van der Waals surface area contributed by atoms with Gasteiger partial charge in [0.2, 0.25) is 11.9 Å². The summed E-state index contributed by atoms with van der Waals surface area (Å²) < 4.78 is 16.7. The number of urea groups is 1. The molecule has 0 N–H and O–H groups in total. The van der Waals surface area contributed by atoms with Gasteiger partial charge in [-0.1, -0.05) is 17.1 Å². The smallest absolute Gasteiger partial charge is 0.270 e. The lowest BCUT2D eigenvalue weighted by atomic mass is 10.1. The Morgan fingerprint density at radius 2 is 1.86 bits per heavy atom. The highest BCUT2D eigenvalue weighted by molar-refractivity contribution is 6.22. The number of rotatable bonds is 3. The number of fused-ring (bicyclic) bond motifs is 1. The van der Waals surface area contributed by atoms with Crippen molar-refractivity contribution in [2.75, 3.05) is 13.6 Å². The Bertz CT molecular complexity index is 1070. The van der Waals surface area contributed by atoms with Crippen molar-refractivity contribution in [1.29, 1.82) is 0 Å². The molecule has 8 nitrogen and oxygen atoms in total. The Hall–Kier alpha value is -3.36. The molecule has 3 heterocycles. The number of amidine groups is 1. The summed E-state index contributed by atoms with van der Waals surface area (Å²) in [7, 11) is 1.61. The Labute approximate surface area is 167 Å². The van der Waals surface area contributed by atoms with E-state index in [1.807, 2.05) is 31.4 Å². The standard InChI is InChI=1S/C20H22FN6O2/c1-5-25-16-17(22-19(25)27-13(3)10-12(2)23-27)24(4)20(29)26(18(16)28)11-14-6-8-15(21)9-7-14/h6-10,16H,5,11H2,1-4H3/q+1. The summed E-state index contributed by atoms with van der Waals surface area (Å²) in [6.45, 7) is 6.32. The molecule has 29 heavy (non-hydrogen) atoms. The number of aryl methyl sites for hydroxylation is 2. The minimum atomic E-state index is -0.706. The number of likely N-dealkylation sites (N-methyl/N-ethyl adjacent to an activating group) is 2. The van der Waals surface area contributed by atoms with E-state index in [0.717, 1.165) is 11.4 Å². The van der Waals surface area contributed by atoms with Crippen molar-refractivity contribution in [3.05, 3.63) is 53.1 Å². The molecule has 1 saturated heterocycles. The number of aliphatic imine (C=N–C) groups is 1. The van der Waals surface area contributed by atoms with E-state index in [-0.39, 0.29) is 18.3 Å². The molecule has 1 unspecified atom stereocenters. The minimum absolute atomic E-state index is 0.0683. The van der Waals surface area contributed by atoms with Crippen LogP contribution in [0.4, 0.5) is 9.18 Å². The summed E-state index contributed by atoms with van der Waals surface area (Å²) in [5.74, 6) is 0.192. The molecule has 1 fully saturated rings. The predicted molar refractivity (Wildman–Crippen MR) is 104 cm³/mol. The summed E-state index contributed by atoms with van der Waals surface area (Å²) >= 11 is 0. The summed E-state index contributed by atoms with van der Waals surface area (Å²) in [6.07, 6.45) is 0. The van der Waals surface area contributed by atoms with Crippen molar-refractivity contribution >= 4 is 23.7 Å². The second-order valence-corrected chi connectivity index (χ2v) is 7.19. The predicted octanol–water partition coefficient (Wildman–Crippen LogP) is 1.75. The van der Waals surface area contributed by atoms with E-state index in [9.17, 15) is 14.0 Å². The highest BCUT2D eigenvalue weighted by Gasteiger charge is 2.52. The topological polar surface area (TPSA) is 73.8 Å². The van der Waals surface area contributed by atoms with Crippen LogP contribution >= 0.6 is 0 Å². The number of hydrogen-bond acceptors (Lipinski definition) is 4. The lowest BCUT2D eigenvalue weighted by Crippen LogP contribution is -2.62. The van der Waals surface area contributed by atoms with Gasteiger partial charge in [0.05, 0.1) is 18.8 Å². The van der Waals surface area contributed by atoms with Crippen LogP contribution in [-0.2, 0) is 11.3 Å². The van der Waals surface area contributed by atoms with Crippen LogP contribution in [0.15, 0.2) is 35.3 Å². The summed E-state index contributed by atoms with van der Waals surface area (Å²) in [4.78, 5) is 33.4. The van der Waals surface area contributed by atoms with Crippen LogP contribution in [0.3, 0.4) is 0 Å². The maximum atomic E-state index is 13.3. The zero-order chi connectivity index (χ0) is 20.9. The Balaban J connectivity index is 1.74. The minimum Gasteiger partial charge on any atom is -0.270 e. The largest absolute Gasteiger partial charge is 0.421 e. The van der Waals surface area contributed by atoms with Crippen molar-refractivity contribution in [2.24, 2.45) is 4.99 Å². The molecule has 150 valence electrons. The second kappa shape index (κ2) is 6.91. The molecule has 9 heteroatoms. The first-order valence-corrected chi connectivity index (χ1v) is 9.41. The molecule has 1 aromatic heterocycles. The van der Waals surface area contributed by atoms with Gasteiger partial charge in [-0.05, 0) is 44.5 Å². The van der Waals surface area contributed by atoms with E-state index in [1.54, 1.807) is 23.9 Å². The van der Waals surface area contributed by atoms with Crippen molar-refractivity contribution in [2.45, 2.75) is 33.4 Å². The van der Waals surface area contributed by atoms with Crippen molar-refractivity contribution in [3.8, 4) is 0 Å². The Morgan fingerprint density at radius 3 is 2.45 bits per heavy atom. The van der Waals surface area contributed by atoms with Crippen LogP contribution in [0.5, 0.6) is 0 Å². The van der Waals surface area contributed by atoms with Gasteiger partial charge in [-0.25, -0.2) is 13.8 Å². The molecule has 2 aromatic rings. The first kappa shape index (κ1) is 19.0. The van der Waals surface area contributed by atoms with Crippen LogP contribution in [0.25, 0.3) is 0 Å². The third kappa shape index (κ3) is 3.02.